The number of carbonyl (C=O) groups is 2. The van der Waals surface area contributed by atoms with Gasteiger partial charge in [0.1, 0.15) is 11.5 Å². The van der Waals surface area contributed by atoms with E-state index in [1.165, 1.54) is 0 Å². The molecule has 2 aromatic carbocycles. The minimum Gasteiger partial charge on any atom is -0.507 e. The van der Waals surface area contributed by atoms with Gasteiger partial charge in [-0.1, -0.05) is 55.8 Å². The number of Topliss-reactive ketones (excluding diaryl/α,β-unsaturated/α-hetero) is 1. The first-order valence-corrected chi connectivity index (χ1v) is 11.7. The number of carbonyl (C=O) groups excluding carboxylic acids is 2. The Labute approximate surface area is 196 Å². The molecule has 1 aliphatic rings. The average molecular weight is 451 g/mol. The van der Waals surface area contributed by atoms with Crippen LogP contribution >= 0.6 is 0 Å². The van der Waals surface area contributed by atoms with Crippen molar-refractivity contribution in [3.8, 4) is 5.75 Å². The second kappa shape index (κ2) is 11.1. The summed E-state index contributed by atoms with van der Waals surface area (Å²) in [4.78, 5) is 30.1. The van der Waals surface area contributed by atoms with Crippen LogP contribution in [0.15, 0.2) is 54.1 Å². The van der Waals surface area contributed by atoms with Crippen LogP contribution < -0.4 is 4.74 Å². The first kappa shape index (κ1) is 24.5. The number of aliphatic hydroxyl groups is 1. The van der Waals surface area contributed by atoms with Crippen LogP contribution in [0.3, 0.4) is 0 Å². The first-order valence-electron chi connectivity index (χ1n) is 11.7. The highest BCUT2D eigenvalue weighted by molar-refractivity contribution is 6.46. The van der Waals surface area contributed by atoms with E-state index in [9.17, 15) is 14.7 Å². The Hall–Kier alpha value is -3.12. The molecule has 1 saturated heterocycles. The van der Waals surface area contributed by atoms with Crippen molar-refractivity contribution in [1.82, 2.24) is 9.80 Å². The average Bonchev–Trinajstić information content (AvgIpc) is 3.07. The normalized spacial score (nSPS) is 17.7. The molecule has 1 N–H and O–H groups in total. The highest BCUT2D eigenvalue weighted by Gasteiger charge is 2.45. The van der Waals surface area contributed by atoms with Crippen LogP contribution in [-0.4, -0.2) is 59.4 Å². The molecule has 0 bridgehead atoms. The molecular formula is C27H34N2O4. The maximum Gasteiger partial charge on any atom is 0.295 e. The van der Waals surface area contributed by atoms with Crippen LogP contribution in [0.4, 0.5) is 0 Å². The molecule has 1 amide bonds. The fourth-order valence-electron chi connectivity index (χ4n) is 4.24. The number of ketones is 1. The van der Waals surface area contributed by atoms with E-state index >= 15 is 0 Å². The molecule has 2 aromatic rings. The molecule has 1 heterocycles. The third-order valence-corrected chi connectivity index (χ3v) is 6.14. The first-order chi connectivity index (χ1) is 15.9. The molecule has 0 aromatic heterocycles. The van der Waals surface area contributed by atoms with Crippen molar-refractivity contribution in [3.05, 3.63) is 70.8 Å². The summed E-state index contributed by atoms with van der Waals surface area (Å²) in [7, 11) is 0. The van der Waals surface area contributed by atoms with Gasteiger partial charge in [-0.15, -0.1) is 0 Å². The standard InChI is InChI=1S/C27H34N2O4/c1-5-28(6-2)17-8-18-29-24(20-13-15-22(16-14-20)33-7-3)23(26(31)27(29)32)25(30)21-11-9-19(4)10-12-21/h9-16,24,30H,5-8,17-18H2,1-4H3/b25-23+. The van der Waals surface area contributed by atoms with E-state index in [0.29, 0.717) is 18.7 Å². The van der Waals surface area contributed by atoms with Gasteiger partial charge in [0.05, 0.1) is 18.2 Å². The molecule has 33 heavy (non-hydrogen) atoms. The number of amides is 1. The Kier molecular flexibility index (Phi) is 8.28. The fraction of sp³-hybridized carbons (Fsp3) is 0.407. The number of aliphatic hydroxyl groups excluding tert-OH is 1. The van der Waals surface area contributed by atoms with Gasteiger partial charge in [-0.3, -0.25) is 9.59 Å². The van der Waals surface area contributed by atoms with E-state index in [2.05, 4.69) is 18.7 Å². The van der Waals surface area contributed by atoms with Gasteiger partial charge in [-0.2, -0.15) is 0 Å². The Morgan fingerprint density at radius 3 is 2.21 bits per heavy atom. The summed E-state index contributed by atoms with van der Waals surface area (Å²) < 4.78 is 5.55. The summed E-state index contributed by atoms with van der Waals surface area (Å²) in [6.45, 7) is 11.8. The molecule has 0 radical (unpaired) electrons. The second-order valence-electron chi connectivity index (χ2n) is 8.24. The minimum atomic E-state index is -0.644. The molecule has 0 spiro atoms. The largest absolute Gasteiger partial charge is 0.507 e. The third kappa shape index (κ3) is 5.45. The summed E-state index contributed by atoms with van der Waals surface area (Å²) in [6, 6.07) is 14.0. The summed E-state index contributed by atoms with van der Waals surface area (Å²) in [5.41, 5.74) is 2.48. The van der Waals surface area contributed by atoms with E-state index < -0.39 is 17.7 Å². The number of likely N-dealkylation sites (tertiary alicyclic amines) is 1. The third-order valence-electron chi connectivity index (χ3n) is 6.14. The van der Waals surface area contributed by atoms with Crippen molar-refractivity contribution in [2.24, 2.45) is 0 Å². The molecule has 1 atom stereocenters. The smallest absolute Gasteiger partial charge is 0.295 e. The van der Waals surface area contributed by atoms with E-state index in [0.717, 1.165) is 42.9 Å². The van der Waals surface area contributed by atoms with Crippen LogP contribution in [0, 0.1) is 6.92 Å². The summed E-state index contributed by atoms with van der Waals surface area (Å²) >= 11 is 0. The van der Waals surface area contributed by atoms with Gasteiger partial charge in [0.15, 0.2) is 0 Å². The number of hydrogen-bond acceptors (Lipinski definition) is 5. The lowest BCUT2D eigenvalue weighted by atomic mass is 9.95. The van der Waals surface area contributed by atoms with E-state index in [1.54, 1.807) is 17.0 Å². The number of ether oxygens (including phenoxy) is 1. The summed E-state index contributed by atoms with van der Waals surface area (Å²) in [6.07, 6.45) is 0.743. The highest BCUT2D eigenvalue weighted by atomic mass is 16.5. The monoisotopic (exact) mass is 450 g/mol. The molecule has 6 nitrogen and oxygen atoms in total. The molecular weight excluding hydrogens is 416 g/mol. The predicted octanol–water partition coefficient (Wildman–Crippen LogP) is 4.55. The summed E-state index contributed by atoms with van der Waals surface area (Å²) in [5.74, 6) is -0.631. The van der Waals surface area contributed by atoms with E-state index in [4.69, 9.17) is 4.74 Å². The molecule has 0 saturated carbocycles. The molecule has 1 aliphatic heterocycles. The second-order valence-corrected chi connectivity index (χ2v) is 8.24. The summed E-state index contributed by atoms with van der Waals surface area (Å²) in [5, 5.41) is 11.1. The Morgan fingerprint density at radius 1 is 1.00 bits per heavy atom. The van der Waals surface area contributed by atoms with Crippen LogP contribution in [0.5, 0.6) is 5.75 Å². The lowest BCUT2D eigenvalue weighted by molar-refractivity contribution is -0.140. The minimum absolute atomic E-state index is 0.135. The lowest BCUT2D eigenvalue weighted by Crippen LogP contribution is -2.33. The highest BCUT2D eigenvalue weighted by Crippen LogP contribution is 2.39. The van der Waals surface area contributed by atoms with Gasteiger partial charge in [0, 0.05) is 12.1 Å². The molecule has 1 unspecified atom stereocenters. The van der Waals surface area contributed by atoms with Gasteiger partial charge in [-0.05, 0) is 57.6 Å². The molecule has 176 valence electrons. The Morgan fingerprint density at radius 2 is 1.64 bits per heavy atom. The van der Waals surface area contributed by atoms with Crippen LogP contribution in [0.1, 0.15) is 49.9 Å². The van der Waals surface area contributed by atoms with Crippen LogP contribution in [0.25, 0.3) is 5.76 Å². The van der Waals surface area contributed by atoms with Crippen molar-refractivity contribution < 1.29 is 19.4 Å². The van der Waals surface area contributed by atoms with Crippen molar-refractivity contribution in [1.29, 1.82) is 0 Å². The quantitative estimate of drug-likeness (QED) is 0.327. The number of benzene rings is 2. The zero-order chi connectivity index (χ0) is 24.0. The van der Waals surface area contributed by atoms with Crippen molar-refractivity contribution >= 4 is 17.4 Å². The van der Waals surface area contributed by atoms with Crippen LogP contribution in [0.2, 0.25) is 0 Å². The zero-order valence-electron chi connectivity index (χ0n) is 20.0. The zero-order valence-corrected chi connectivity index (χ0v) is 20.0. The number of hydrogen-bond donors (Lipinski definition) is 1. The predicted molar refractivity (Wildman–Crippen MR) is 130 cm³/mol. The topological polar surface area (TPSA) is 70.1 Å². The van der Waals surface area contributed by atoms with Crippen molar-refractivity contribution in [2.45, 2.75) is 40.2 Å². The SMILES string of the molecule is CCOc1ccc(C2/C(=C(\O)c3ccc(C)cc3)C(=O)C(=O)N2CCCN(CC)CC)cc1. The molecule has 3 rings (SSSR count). The van der Waals surface area contributed by atoms with Gasteiger partial charge in [-0.25, -0.2) is 0 Å². The molecule has 1 fully saturated rings. The maximum absolute atomic E-state index is 13.1. The molecule has 6 heteroatoms. The Bertz CT molecular complexity index is 992. The van der Waals surface area contributed by atoms with E-state index in [1.807, 2.05) is 50.2 Å². The van der Waals surface area contributed by atoms with Crippen LogP contribution in [-0.2, 0) is 9.59 Å². The molecule has 0 aliphatic carbocycles. The maximum atomic E-state index is 13.1. The number of rotatable bonds is 10. The van der Waals surface area contributed by atoms with Gasteiger partial charge < -0.3 is 19.6 Å². The van der Waals surface area contributed by atoms with Gasteiger partial charge in [0.2, 0.25) is 0 Å². The van der Waals surface area contributed by atoms with Crippen molar-refractivity contribution in [3.63, 3.8) is 0 Å². The van der Waals surface area contributed by atoms with Gasteiger partial charge in [0.25, 0.3) is 11.7 Å². The fourth-order valence-corrected chi connectivity index (χ4v) is 4.24. The number of aryl methyl sites for hydroxylation is 1. The lowest BCUT2D eigenvalue weighted by Gasteiger charge is -2.27. The Balaban J connectivity index is 2.01. The number of nitrogens with zero attached hydrogens (tertiary/aromatic N) is 2. The van der Waals surface area contributed by atoms with Gasteiger partial charge >= 0.3 is 0 Å². The van der Waals surface area contributed by atoms with Crippen molar-refractivity contribution in [2.75, 3.05) is 32.8 Å². The van der Waals surface area contributed by atoms with E-state index in [-0.39, 0.29) is 11.3 Å².